The number of nitrogens with two attached hydrogens (primary N) is 1. The van der Waals surface area contributed by atoms with Crippen molar-refractivity contribution in [3.05, 3.63) is 48.0 Å². The van der Waals surface area contributed by atoms with E-state index in [1.54, 1.807) is 18.2 Å². The fourth-order valence-corrected chi connectivity index (χ4v) is 5.73. The van der Waals surface area contributed by atoms with E-state index < -0.39 is 20.0 Å². The quantitative estimate of drug-likeness (QED) is 0.754. The Morgan fingerprint density at radius 3 is 2.29 bits per heavy atom. The summed E-state index contributed by atoms with van der Waals surface area (Å²) in [7, 11) is -4.87. The first-order chi connectivity index (χ1) is 13.2. The van der Waals surface area contributed by atoms with Crippen molar-refractivity contribution < 1.29 is 26.3 Å². The van der Waals surface area contributed by atoms with Gasteiger partial charge >= 0.3 is 0 Å². The van der Waals surface area contributed by atoms with Crippen LogP contribution in [0.15, 0.2) is 52.3 Å². The first kappa shape index (κ1) is 20.6. The van der Waals surface area contributed by atoms with Crippen LogP contribution in [-0.2, 0) is 20.0 Å². The molecule has 152 valence electrons. The zero-order valence-corrected chi connectivity index (χ0v) is 17.2. The maximum absolute atomic E-state index is 13.2. The van der Waals surface area contributed by atoms with E-state index in [0.29, 0.717) is 30.9 Å². The van der Waals surface area contributed by atoms with Gasteiger partial charge in [0, 0.05) is 6.54 Å². The van der Waals surface area contributed by atoms with E-state index in [-0.39, 0.29) is 15.8 Å². The van der Waals surface area contributed by atoms with Gasteiger partial charge in [0.05, 0.1) is 30.1 Å². The van der Waals surface area contributed by atoms with Crippen LogP contribution < -0.4 is 14.6 Å². The summed E-state index contributed by atoms with van der Waals surface area (Å²) in [5.41, 5.74) is 0.779. The van der Waals surface area contributed by atoms with Crippen LogP contribution in [0.1, 0.15) is 24.4 Å². The maximum Gasteiger partial charge on any atom is 0.243 e. The Hall–Kier alpha value is -2.14. The van der Waals surface area contributed by atoms with E-state index in [4.69, 9.17) is 14.6 Å². The standard InChI is InChI=1S/C18H22N2O6S2/c1-25-17-9-8-13(11-18(17)26-2)16-7-4-10-20(16)28(23,24)15-6-3-5-14(12-15)27(19,21)22/h3,5-6,8-9,11-12,16H,4,7,10H2,1-2H3,(H2,19,21,22). The van der Waals surface area contributed by atoms with Gasteiger partial charge in [-0.25, -0.2) is 22.0 Å². The normalized spacial score (nSPS) is 18.2. The number of hydrogen-bond acceptors (Lipinski definition) is 6. The van der Waals surface area contributed by atoms with Gasteiger partial charge in [-0.1, -0.05) is 12.1 Å². The van der Waals surface area contributed by atoms with E-state index in [9.17, 15) is 16.8 Å². The monoisotopic (exact) mass is 426 g/mol. The fraction of sp³-hybridized carbons (Fsp3) is 0.333. The third kappa shape index (κ3) is 3.86. The summed E-state index contributed by atoms with van der Waals surface area (Å²) in [4.78, 5) is -0.346. The third-order valence-corrected chi connectivity index (χ3v) is 7.55. The lowest BCUT2D eigenvalue weighted by Gasteiger charge is -2.25. The molecule has 28 heavy (non-hydrogen) atoms. The molecule has 1 unspecified atom stereocenters. The van der Waals surface area contributed by atoms with Gasteiger partial charge in [-0.3, -0.25) is 0 Å². The van der Waals surface area contributed by atoms with Gasteiger partial charge in [0.2, 0.25) is 20.0 Å². The average Bonchev–Trinajstić information content (AvgIpc) is 3.17. The van der Waals surface area contributed by atoms with E-state index in [1.807, 2.05) is 0 Å². The molecule has 0 amide bonds. The van der Waals surface area contributed by atoms with Crippen LogP contribution in [0.4, 0.5) is 0 Å². The Morgan fingerprint density at radius 1 is 0.964 bits per heavy atom. The molecular weight excluding hydrogens is 404 g/mol. The maximum atomic E-state index is 13.2. The van der Waals surface area contributed by atoms with Crippen molar-refractivity contribution in [1.82, 2.24) is 4.31 Å². The molecule has 2 N–H and O–H groups in total. The summed E-state index contributed by atoms with van der Waals surface area (Å²) in [5, 5.41) is 5.14. The summed E-state index contributed by atoms with van der Waals surface area (Å²) >= 11 is 0. The zero-order chi connectivity index (χ0) is 20.5. The Balaban J connectivity index is 2.01. The smallest absolute Gasteiger partial charge is 0.243 e. The molecule has 1 heterocycles. The molecule has 1 aliphatic rings. The highest BCUT2D eigenvalue weighted by atomic mass is 32.2. The second-order valence-corrected chi connectivity index (χ2v) is 9.86. The Labute approximate surface area is 165 Å². The lowest BCUT2D eigenvalue weighted by atomic mass is 10.0. The number of ether oxygens (including phenoxy) is 2. The molecule has 3 rings (SSSR count). The topological polar surface area (TPSA) is 116 Å². The molecule has 1 saturated heterocycles. The van der Waals surface area contributed by atoms with E-state index >= 15 is 0 Å². The van der Waals surface area contributed by atoms with Crippen molar-refractivity contribution in [2.75, 3.05) is 20.8 Å². The van der Waals surface area contributed by atoms with Crippen molar-refractivity contribution >= 4 is 20.0 Å². The Kier molecular flexibility index (Phi) is 5.67. The Morgan fingerprint density at radius 2 is 1.64 bits per heavy atom. The highest BCUT2D eigenvalue weighted by Crippen LogP contribution is 2.39. The number of primary sulfonamides is 1. The lowest BCUT2D eigenvalue weighted by Crippen LogP contribution is -2.31. The summed E-state index contributed by atoms with van der Waals surface area (Å²) < 4.78 is 61.5. The van der Waals surface area contributed by atoms with Crippen LogP contribution in [0.3, 0.4) is 0 Å². The van der Waals surface area contributed by atoms with Gasteiger partial charge in [0.1, 0.15) is 0 Å². The molecule has 1 aliphatic heterocycles. The molecule has 1 atom stereocenters. The molecule has 8 nitrogen and oxygen atoms in total. The van der Waals surface area contributed by atoms with Gasteiger partial charge in [-0.2, -0.15) is 4.31 Å². The number of nitrogens with zero attached hydrogens (tertiary/aromatic N) is 1. The number of sulfonamides is 2. The summed E-state index contributed by atoms with van der Waals surface area (Å²) in [6.07, 6.45) is 1.33. The molecule has 2 aromatic rings. The molecule has 0 aromatic heterocycles. The highest BCUT2D eigenvalue weighted by molar-refractivity contribution is 7.90. The summed E-state index contributed by atoms with van der Waals surface area (Å²) in [6.45, 7) is 0.334. The van der Waals surface area contributed by atoms with Gasteiger partial charge < -0.3 is 9.47 Å². The molecule has 0 spiro atoms. The second-order valence-electron chi connectivity index (χ2n) is 6.41. The predicted octanol–water partition coefficient (Wildman–Crippen LogP) is 1.88. The van der Waals surface area contributed by atoms with Crippen LogP contribution in [0.5, 0.6) is 11.5 Å². The SMILES string of the molecule is COc1ccc(C2CCCN2S(=O)(=O)c2cccc(S(N)(=O)=O)c2)cc1OC. The minimum Gasteiger partial charge on any atom is -0.493 e. The van der Waals surface area contributed by atoms with Crippen molar-refractivity contribution in [1.29, 1.82) is 0 Å². The van der Waals surface area contributed by atoms with E-state index in [1.165, 1.54) is 36.7 Å². The molecular formula is C18H22N2O6S2. The molecule has 0 radical (unpaired) electrons. The van der Waals surface area contributed by atoms with Crippen LogP contribution in [0.25, 0.3) is 0 Å². The fourth-order valence-electron chi connectivity index (χ4n) is 3.37. The first-order valence-corrected chi connectivity index (χ1v) is 11.5. The molecule has 2 aromatic carbocycles. The van der Waals surface area contributed by atoms with Crippen LogP contribution in [-0.4, -0.2) is 41.9 Å². The van der Waals surface area contributed by atoms with Crippen molar-refractivity contribution in [2.45, 2.75) is 28.7 Å². The summed E-state index contributed by atoms with van der Waals surface area (Å²) in [5.74, 6) is 1.07. The average molecular weight is 427 g/mol. The number of benzene rings is 2. The highest BCUT2D eigenvalue weighted by Gasteiger charge is 2.36. The van der Waals surface area contributed by atoms with Gasteiger partial charge in [0.25, 0.3) is 0 Å². The number of rotatable bonds is 6. The van der Waals surface area contributed by atoms with Crippen LogP contribution in [0, 0.1) is 0 Å². The Bertz CT molecular complexity index is 1080. The van der Waals surface area contributed by atoms with Gasteiger partial charge in [0.15, 0.2) is 11.5 Å². The van der Waals surface area contributed by atoms with Gasteiger partial charge in [-0.05, 0) is 48.7 Å². The molecule has 10 heteroatoms. The molecule has 0 bridgehead atoms. The van der Waals surface area contributed by atoms with Crippen LogP contribution in [0.2, 0.25) is 0 Å². The van der Waals surface area contributed by atoms with Crippen LogP contribution >= 0.6 is 0 Å². The van der Waals surface area contributed by atoms with E-state index in [0.717, 1.165) is 11.6 Å². The molecule has 1 fully saturated rings. The van der Waals surface area contributed by atoms with Crippen molar-refractivity contribution in [2.24, 2.45) is 5.14 Å². The second kappa shape index (κ2) is 7.70. The zero-order valence-electron chi connectivity index (χ0n) is 15.5. The third-order valence-electron chi connectivity index (χ3n) is 4.74. The molecule has 0 aliphatic carbocycles. The van der Waals surface area contributed by atoms with Crippen molar-refractivity contribution in [3.63, 3.8) is 0 Å². The summed E-state index contributed by atoms with van der Waals surface area (Å²) in [6, 6.07) is 10.0. The van der Waals surface area contributed by atoms with E-state index in [2.05, 4.69) is 0 Å². The van der Waals surface area contributed by atoms with Crippen molar-refractivity contribution in [3.8, 4) is 11.5 Å². The predicted molar refractivity (Wildman–Crippen MR) is 103 cm³/mol. The number of hydrogen-bond donors (Lipinski definition) is 1. The first-order valence-electron chi connectivity index (χ1n) is 8.55. The minimum absolute atomic E-state index is 0.105. The molecule has 0 saturated carbocycles. The van der Waals surface area contributed by atoms with Gasteiger partial charge in [-0.15, -0.1) is 0 Å². The lowest BCUT2D eigenvalue weighted by molar-refractivity contribution is 0.351. The minimum atomic E-state index is -4.00. The number of methoxy groups -OCH3 is 2. The largest absolute Gasteiger partial charge is 0.493 e.